The topological polar surface area (TPSA) is 68.1 Å². The molecule has 2 heterocycles. The molecule has 152 valence electrons. The highest BCUT2D eigenvalue weighted by Gasteiger charge is 2.20. The standard InChI is InChI=1S/C22H28N6O/c1-17-3-7-20(8-4-17)28-22(24-25-26-28)23-15-18-11-13-27(14-12-18)16-19-5-9-21(29-2)10-6-19/h3-10,18H,11-16H2,1-2H3,(H,23,24,26). The number of hydrogen-bond acceptors (Lipinski definition) is 6. The fourth-order valence-corrected chi connectivity index (χ4v) is 3.73. The van der Waals surface area contributed by atoms with Crippen LogP contribution in [0.15, 0.2) is 48.5 Å². The number of rotatable bonds is 7. The summed E-state index contributed by atoms with van der Waals surface area (Å²) in [6, 6.07) is 16.6. The Hall–Kier alpha value is -2.93. The molecule has 0 radical (unpaired) electrons. The number of nitrogens with one attached hydrogen (secondary N) is 1. The summed E-state index contributed by atoms with van der Waals surface area (Å²) in [5, 5.41) is 15.6. The van der Waals surface area contributed by atoms with E-state index in [4.69, 9.17) is 4.74 Å². The first-order valence-corrected chi connectivity index (χ1v) is 10.2. The van der Waals surface area contributed by atoms with E-state index in [1.54, 1.807) is 11.8 Å². The van der Waals surface area contributed by atoms with Gasteiger partial charge in [0.25, 0.3) is 0 Å². The lowest BCUT2D eigenvalue weighted by Crippen LogP contribution is -2.35. The van der Waals surface area contributed by atoms with Gasteiger partial charge in [-0.15, -0.1) is 0 Å². The third-order valence-electron chi connectivity index (χ3n) is 5.57. The first-order chi connectivity index (χ1) is 14.2. The Balaban J connectivity index is 1.26. The van der Waals surface area contributed by atoms with Crippen LogP contribution >= 0.6 is 0 Å². The van der Waals surface area contributed by atoms with Gasteiger partial charge in [0.05, 0.1) is 12.8 Å². The third-order valence-corrected chi connectivity index (χ3v) is 5.57. The van der Waals surface area contributed by atoms with Gasteiger partial charge in [-0.3, -0.25) is 4.90 Å². The van der Waals surface area contributed by atoms with Crippen molar-refractivity contribution in [3.8, 4) is 11.4 Å². The zero-order valence-electron chi connectivity index (χ0n) is 17.1. The van der Waals surface area contributed by atoms with Gasteiger partial charge in [0.2, 0.25) is 5.95 Å². The first-order valence-electron chi connectivity index (χ1n) is 10.2. The van der Waals surface area contributed by atoms with Gasteiger partial charge in [-0.1, -0.05) is 34.9 Å². The van der Waals surface area contributed by atoms with Crippen molar-refractivity contribution >= 4 is 5.95 Å². The van der Waals surface area contributed by atoms with Gasteiger partial charge in [0.15, 0.2) is 0 Å². The van der Waals surface area contributed by atoms with E-state index in [2.05, 4.69) is 56.9 Å². The number of aryl methyl sites for hydroxylation is 1. The minimum atomic E-state index is 0.630. The molecule has 0 bridgehead atoms. The van der Waals surface area contributed by atoms with Crippen molar-refractivity contribution in [1.82, 2.24) is 25.1 Å². The molecule has 1 aliphatic rings. The van der Waals surface area contributed by atoms with Crippen LogP contribution in [0.4, 0.5) is 5.95 Å². The van der Waals surface area contributed by atoms with Crippen molar-refractivity contribution in [2.75, 3.05) is 32.1 Å². The Labute approximate surface area is 171 Å². The first kappa shape index (κ1) is 19.4. The van der Waals surface area contributed by atoms with Gasteiger partial charge in [-0.25, -0.2) is 0 Å². The second kappa shape index (κ2) is 9.05. The number of piperidine rings is 1. The van der Waals surface area contributed by atoms with Crippen LogP contribution in [0.2, 0.25) is 0 Å². The Kier molecular flexibility index (Phi) is 6.05. The van der Waals surface area contributed by atoms with Gasteiger partial charge in [-0.05, 0) is 79.0 Å². The molecule has 0 unspecified atom stereocenters. The van der Waals surface area contributed by atoms with E-state index >= 15 is 0 Å². The maximum Gasteiger partial charge on any atom is 0.247 e. The molecule has 0 amide bonds. The van der Waals surface area contributed by atoms with Crippen LogP contribution in [0.5, 0.6) is 5.75 Å². The predicted molar refractivity (Wildman–Crippen MR) is 113 cm³/mol. The van der Waals surface area contributed by atoms with Crippen molar-refractivity contribution in [1.29, 1.82) is 0 Å². The molecule has 0 spiro atoms. The Morgan fingerprint density at radius 1 is 1.03 bits per heavy atom. The number of benzene rings is 2. The Morgan fingerprint density at radius 2 is 1.76 bits per heavy atom. The summed E-state index contributed by atoms with van der Waals surface area (Å²) in [6.45, 7) is 6.19. The van der Waals surface area contributed by atoms with Crippen LogP contribution in [0.25, 0.3) is 5.69 Å². The number of methoxy groups -OCH3 is 1. The molecule has 0 aliphatic carbocycles. The van der Waals surface area contributed by atoms with E-state index in [1.807, 2.05) is 24.3 Å². The fourth-order valence-electron chi connectivity index (χ4n) is 3.73. The largest absolute Gasteiger partial charge is 0.497 e. The zero-order chi connectivity index (χ0) is 20.1. The number of aromatic nitrogens is 4. The molecule has 4 rings (SSSR count). The Bertz CT molecular complexity index is 898. The maximum atomic E-state index is 5.24. The molecule has 1 fully saturated rings. The molecule has 1 aliphatic heterocycles. The molecule has 0 saturated carbocycles. The summed E-state index contributed by atoms with van der Waals surface area (Å²) >= 11 is 0. The zero-order valence-corrected chi connectivity index (χ0v) is 17.1. The molecule has 1 aromatic heterocycles. The molecule has 7 heteroatoms. The van der Waals surface area contributed by atoms with E-state index in [0.717, 1.165) is 37.6 Å². The molecule has 0 atom stereocenters. The lowest BCUT2D eigenvalue weighted by atomic mass is 9.96. The highest BCUT2D eigenvalue weighted by molar-refractivity contribution is 5.39. The second-order valence-electron chi connectivity index (χ2n) is 7.70. The maximum absolute atomic E-state index is 5.24. The normalized spacial score (nSPS) is 15.4. The lowest BCUT2D eigenvalue weighted by molar-refractivity contribution is 0.182. The van der Waals surface area contributed by atoms with E-state index in [9.17, 15) is 0 Å². The summed E-state index contributed by atoms with van der Waals surface area (Å²) in [4.78, 5) is 2.52. The van der Waals surface area contributed by atoms with Crippen LogP contribution in [-0.4, -0.2) is 51.9 Å². The summed E-state index contributed by atoms with van der Waals surface area (Å²) in [6.07, 6.45) is 2.35. The highest BCUT2D eigenvalue weighted by atomic mass is 16.5. The average Bonchev–Trinajstić information content (AvgIpc) is 3.23. The summed E-state index contributed by atoms with van der Waals surface area (Å²) in [7, 11) is 1.70. The fraction of sp³-hybridized carbons (Fsp3) is 0.409. The Morgan fingerprint density at radius 3 is 2.45 bits per heavy atom. The molecule has 29 heavy (non-hydrogen) atoms. The van der Waals surface area contributed by atoms with E-state index < -0.39 is 0 Å². The van der Waals surface area contributed by atoms with Crippen LogP contribution in [0.3, 0.4) is 0 Å². The van der Waals surface area contributed by atoms with Crippen LogP contribution in [0, 0.1) is 12.8 Å². The van der Waals surface area contributed by atoms with Crippen molar-refractivity contribution < 1.29 is 4.74 Å². The predicted octanol–water partition coefficient (Wildman–Crippen LogP) is 3.30. The summed E-state index contributed by atoms with van der Waals surface area (Å²) < 4.78 is 7.00. The van der Waals surface area contributed by atoms with Crippen molar-refractivity contribution in [2.45, 2.75) is 26.3 Å². The monoisotopic (exact) mass is 392 g/mol. The second-order valence-corrected chi connectivity index (χ2v) is 7.70. The molecule has 1 N–H and O–H groups in total. The lowest BCUT2D eigenvalue weighted by Gasteiger charge is -2.32. The smallest absolute Gasteiger partial charge is 0.247 e. The molecule has 3 aromatic rings. The van der Waals surface area contributed by atoms with Crippen molar-refractivity contribution in [3.05, 3.63) is 59.7 Å². The number of hydrogen-bond donors (Lipinski definition) is 1. The van der Waals surface area contributed by atoms with Crippen LogP contribution in [-0.2, 0) is 6.54 Å². The van der Waals surface area contributed by atoms with Crippen molar-refractivity contribution in [3.63, 3.8) is 0 Å². The molecule has 2 aromatic carbocycles. The van der Waals surface area contributed by atoms with E-state index in [0.29, 0.717) is 11.9 Å². The number of ether oxygens (including phenoxy) is 1. The number of likely N-dealkylation sites (tertiary alicyclic amines) is 1. The number of tetrazole rings is 1. The number of anilines is 1. The van der Waals surface area contributed by atoms with Gasteiger partial charge in [0.1, 0.15) is 5.75 Å². The minimum absolute atomic E-state index is 0.630. The molecular weight excluding hydrogens is 364 g/mol. The minimum Gasteiger partial charge on any atom is -0.497 e. The van der Waals surface area contributed by atoms with E-state index in [1.165, 1.54) is 24.0 Å². The van der Waals surface area contributed by atoms with Crippen molar-refractivity contribution in [2.24, 2.45) is 5.92 Å². The highest BCUT2D eigenvalue weighted by Crippen LogP contribution is 2.21. The van der Waals surface area contributed by atoms with Crippen LogP contribution < -0.4 is 10.1 Å². The summed E-state index contributed by atoms with van der Waals surface area (Å²) in [5.41, 5.74) is 3.52. The van der Waals surface area contributed by atoms with Gasteiger partial charge >= 0.3 is 0 Å². The van der Waals surface area contributed by atoms with Crippen LogP contribution in [0.1, 0.15) is 24.0 Å². The molecule has 7 nitrogen and oxygen atoms in total. The number of nitrogens with zero attached hydrogens (tertiary/aromatic N) is 5. The summed E-state index contributed by atoms with van der Waals surface area (Å²) in [5.74, 6) is 2.24. The molecule has 1 saturated heterocycles. The molecular formula is C22H28N6O. The SMILES string of the molecule is COc1ccc(CN2CCC(CNc3nnnn3-c3ccc(C)cc3)CC2)cc1. The van der Waals surface area contributed by atoms with Gasteiger partial charge < -0.3 is 10.1 Å². The van der Waals surface area contributed by atoms with E-state index in [-0.39, 0.29) is 0 Å². The van der Waals surface area contributed by atoms with Gasteiger partial charge in [0, 0.05) is 13.1 Å². The average molecular weight is 393 g/mol. The third kappa shape index (κ3) is 4.92. The quantitative estimate of drug-likeness (QED) is 0.665. The van der Waals surface area contributed by atoms with Gasteiger partial charge in [-0.2, -0.15) is 4.68 Å².